The predicted molar refractivity (Wildman–Crippen MR) is 71.6 cm³/mol. The molecule has 0 aliphatic carbocycles. The molecule has 4 heteroatoms. The molecule has 1 aliphatic heterocycles. The van der Waals surface area contributed by atoms with Gasteiger partial charge in [-0.2, -0.15) is 0 Å². The van der Waals surface area contributed by atoms with E-state index in [4.69, 9.17) is 10.5 Å². The Labute approximate surface area is 106 Å². The van der Waals surface area contributed by atoms with Crippen molar-refractivity contribution in [3.8, 4) is 17.0 Å². The van der Waals surface area contributed by atoms with Gasteiger partial charge >= 0.3 is 0 Å². The fourth-order valence-electron chi connectivity index (χ4n) is 2.52. The fourth-order valence-corrected chi connectivity index (χ4v) is 2.52. The van der Waals surface area contributed by atoms with Gasteiger partial charge in [0.25, 0.3) is 0 Å². The smallest absolute Gasteiger partial charge is 0.142 e. The minimum absolute atomic E-state index is 0.666. The van der Waals surface area contributed by atoms with Gasteiger partial charge in [-0.3, -0.25) is 0 Å². The molecule has 0 radical (unpaired) electrons. The number of aromatic nitrogens is 2. The van der Waals surface area contributed by atoms with Crippen LogP contribution in [0.25, 0.3) is 11.3 Å². The molecule has 0 amide bonds. The molecule has 0 bridgehead atoms. The number of nitrogens with zero attached hydrogens (tertiary/aromatic N) is 2. The van der Waals surface area contributed by atoms with E-state index in [-0.39, 0.29) is 0 Å². The van der Waals surface area contributed by atoms with E-state index in [0.717, 1.165) is 30.0 Å². The molecule has 18 heavy (non-hydrogen) atoms. The minimum Gasteiger partial charge on any atom is -0.495 e. The summed E-state index contributed by atoms with van der Waals surface area (Å²) in [6.07, 6.45) is 5.49. The molecule has 1 aliphatic rings. The van der Waals surface area contributed by atoms with E-state index < -0.39 is 0 Å². The molecule has 2 N–H and O–H groups in total. The third-order valence-corrected chi connectivity index (χ3v) is 3.50. The Morgan fingerprint density at radius 2 is 2.22 bits per heavy atom. The van der Waals surface area contributed by atoms with Crippen LogP contribution in [-0.2, 0) is 13.0 Å². The van der Waals surface area contributed by atoms with Gasteiger partial charge in [-0.1, -0.05) is 6.07 Å². The van der Waals surface area contributed by atoms with Crippen LogP contribution in [0.3, 0.4) is 0 Å². The summed E-state index contributed by atoms with van der Waals surface area (Å²) in [5.41, 5.74) is 8.78. The molecule has 3 rings (SSSR count). The van der Waals surface area contributed by atoms with Crippen molar-refractivity contribution in [1.82, 2.24) is 9.55 Å². The number of ether oxygens (including phenoxy) is 1. The van der Waals surface area contributed by atoms with E-state index in [1.165, 1.54) is 18.7 Å². The highest BCUT2D eigenvalue weighted by atomic mass is 16.5. The molecular formula is C14H17N3O. The van der Waals surface area contributed by atoms with Crippen molar-refractivity contribution < 1.29 is 4.74 Å². The van der Waals surface area contributed by atoms with E-state index in [9.17, 15) is 0 Å². The van der Waals surface area contributed by atoms with Crippen LogP contribution in [0, 0.1) is 0 Å². The van der Waals surface area contributed by atoms with Gasteiger partial charge in [-0.15, -0.1) is 0 Å². The van der Waals surface area contributed by atoms with E-state index in [1.54, 1.807) is 7.11 Å². The number of anilines is 1. The zero-order valence-corrected chi connectivity index (χ0v) is 10.5. The quantitative estimate of drug-likeness (QED) is 0.824. The first-order valence-electron chi connectivity index (χ1n) is 6.28. The Hall–Kier alpha value is -1.97. The van der Waals surface area contributed by atoms with Crippen molar-refractivity contribution in [2.24, 2.45) is 0 Å². The minimum atomic E-state index is 0.666. The summed E-state index contributed by atoms with van der Waals surface area (Å²) in [6, 6.07) is 5.89. The van der Waals surface area contributed by atoms with Crippen LogP contribution in [0.1, 0.15) is 18.7 Å². The summed E-state index contributed by atoms with van der Waals surface area (Å²) in [6.45, 7) is 1.05. The Morgan fingerprint density at radius 1 is 1.33 bits per heavy atom. The van der Waals surface area contributed by atoms with Gasteiger partial charge in [0.15, 0.2) is 0 Å². The van der Waals surface area contributed by atoms with Crippen molar-refractivity contribution in [2.75, 3.05) is 12.8 Å². The number of methoxy groups -OCH3 is 1. The molecule has 94 valence electrons. The summed E-state index contributed by atoms with van der Waals surface area (Å²) in [4.78, 5) is 4.50. The maximum Gasteiger partial charge on any atom is 0.142 e. The van der Waals surface area contributed by atoms with Crippen LogP contribution in [-0.4, -0.2) is 16.7 Å². The zero-order valence-electron chi connectivity index (χ0n) is 10.5. The molecule has 2 heterocycles. The Balaban J connectivity index is 2.07. The number of rotatable bonds is 2. The largest absolute Gasteiger partial charge is 0.495 e. The van der Waals surface area contributed by atoms with Crippen molar-refractivity contribution >= 4 is 5.69 Å². The lowest BCUT2D eigenvalue weighted by atomic mass is 10.1. The number of aryl methyl sites for hydroxylation is 1. The number of imidazole rings is 1. The van der Waals surface area contributed by atoms with Crippen LogP contribution in [0.4, 0.5) is 5.69 Å². The fraction of sp³-hybridized carbons (Fsp3) is 0.357. The Morgan fingerprint density at radius 3 is 3.06 bits per heavy atom. The second-order valence-electron chi connectivity index (χ2n) is 4.63. The van der Waals surface area contributed by atoms with Gasteiger partial charge in [0, 0.05) is 18.5 Å². The third kappa shape index (κ3) is 1.74. The van der Waals surface area contributed by atoms with Gasteiger partial charge in [0.1, 0.15) is 11.6 Å². The van der Waals surface area contributed by atoms with Crippen LogP contribution in [0.5, 0.6) is 5.75 Å². The van der Waals surface area contributed by atoms with Gasteiger partial charge in [0.2, 0.25) is 0 Å². The maximum atomic E-state index is 5.84. The average molecular weight is 243 g/mol. The van der Waals surface area contributed by atoms with Gasteiger partial charge in [0.05, 0.1) is 24.7 Å². The molecule has 0 fully saturated rings. The highest BCUT2D eigenvalue weighted by molar-refractivity contribution is 5.67. The average Bonchev–Trinajstić information content (AvgIpc) is 2.83. The van der Waals surface area contributed by atoms with Crippen molar-refractivity contribution in [1.29, 1.82) is 0 Å². The molecule has 0 unspecified atom stereocenters. The Kier molecular flexibility index (Phi) is 2.70. The lowest BCUT2D eigenvalue weighted by Crippen LogP contribution is -2.11. The van der Waals surface area contributed by atoms with E-state index in [2.05, 4.69) is 9.55 Å². The number of hydrogen-bond donors (Lipinski definition) is 1. The monoisotopic (exact) mass is 243 g/mol. The standard InChI is InChI=1S/C14H17N3O/c1-18-13-8-10(5-6-11(13)15)12-9-16-14-4-2-3-7-17(12)14/h5-6,8-9H,2-4,7,15H2,1H3. The van der Waals surface area contributed by atoms with Gasteiger partial charge in [-0.05, 0) is 25.0 Å². The number of hydrogen-bond acceptors (Lipinski definition) is 3. The van der Waals surface area contributed by atoms with E-state index in [0.29, 0.717) is 5.69 Å². The molecule has 4 nitrogen and oxygen atoms in total. The topological polar surface area (TPSA) is 53.1 Å². The lowest BCUT2D eigenvalue weighted by Gasteiger charge is -2.17. The Bertz CT molecular complexity index is 574. The first-order valence-corrected chi connectivity index (χ1v) is 6.28. The normalized spacial score (nSPS) is 14.3. The van der Waals surface area contributed by atoms with Crippen LogP contribution in [0.2, 0.25) is 0 Å². The van der Waals surface area contributed by atoms with Crippen molar-refractivity contribution in [2.45, 2.75) is 25.8 Å². The first-order chi connectivity index (χ1) is 8.79. The predicted octanol–water partition coefficient (Wildman–Crippen LogP) is 2.48. The molecular weight excluding hydrogens is 226 g/mol. The first kappa shape index (κ1) is 11.1. The number of fused-ring (bicyclic) bond motifs is 1. The third-order valence-electron chi connectivity index (χ3n) is 3.50. The second kappa shape index (κ2) is 4.37. The molecule has 0 saturated heterocycles. The highest BCUT2D eigenvalue weighted by Crippen LogP contribution is 2.30. The van der Waals surface area contributed by atoms with Gasteiger partial charge < -0.3 is 15.0 Å². The summed E-state index contributed by atoms with van der Waals surface area (Å²) >= 11 is 0. The highest BCUT2D eigenvalue weighted by Gasteiger charge is 2.15. The molecule has 0 saturated carbocycles. The van der Waals surface area contributed by atoms with E-state index in [1.807, 2.05) is 24.4 Å². The molecule has 0 atom stereocenters. The van der Waals surface area contributed by atoms with Crippen LogP contribution >= 0.6 is 0 Å². The summed E-state index contributed by atoms with van der Waals surface area (Å²) in [5.74, 6) is 1.91. The molecule has 1 aromatic heterocycles. The summed E-state index contributed by atoms with van der Waals surface area (Å²) in [5, 5.41) is 0. The van der Waals surface area contributed by atoms with Crippen LogP contribution < -0.4 is 10.5 Å². The number of benzene rings is 1. The van der Waals surface area contributed by atoms with Crippen molar-refractivity contribution in [3.05, 3.63) is 30.2 Å². The SMILES string of the molecule is COc1cc(-c2cnc3n2CCCC3)ccc1N. The zero-order chi connectivity index (χ0) is 12.5. The number of nitrogen functional groups attached to an aromatic ring is 1. The van der Waals surface area contributed by atoms with Crippen LogP contribution in [0.15, 0.2) is 24.4 Å². The molecule has 2 aromatic rings. The second-order valence-corrected chi connectivity index (χ2v) is 4.63. The number of nitrogens with two attached hydrogens (primary N) is 1. The summed E-state index contributed by atoms with van der Waals surface area (Å²) < 4.78 is 7.57. The molecule has 0 spiro atoms. The van der Waals surface area contributed by atoms with Crippen molar-refractivity contribution in [3.63, 3.8) is 0 Å². The summed E-state index contributed by atoms with van der Waals surface area (Å²) in [7, 11) is 1.64. The van der Waals surface area contributed by atoms with E-state index >= 15 is 0 Å². The molecule has 1 aromatic carbocycles. The lowest BCUT2D eigenvalue weighted by molar-refractivity contribution is 0.417. The van der Waals surface area contributed by atoms with Gasteiger partial charge in [-0.25, -0.2) is 4.98 Å². The maximum absolute atomic E-state index is 5.84.